The van der Waals surface area contributed by atoms with Crippen LogP contribution in [-0.2, 0) is 0 Å². The molecule has 2 heterocycles. The summed E-state index contributed by atoms with van der Waals surface area (Å²) in [4.78, 5) is 11.5. The van der Waals surface area contributed by atoms with Gasteiger partial charge in [-0.1, -0.05) is 24.4 Å². The van der Waals surface area contributed by atoms with Crippen LogP contribution >= 0.6 is 21.6 Å². The number of aromatic nitrogens is 2. The molecular formula is C7H8N3OPS. The second kappa shape index (κ2) is 3.09. The van der Waals surface area contributed by atoms with Gasteiger partial charge in [0.2, 0.25) is 0 Å². The monoisotopic (exact) mass is 213 g/mol. The number of nitrogens with one attached hydrogen (secondary N) is 2. The van der Waals surface area contributed by atoms with Crippen LogP contribution in [-0.4, -0.2) is 22.0 Å². The van der Waals surface area contributed by atoms with Crippen molar-refractivity contribution in [1.82, 2.24) is 14.9 Å². The third-order valence-electron chi connectivity index (χ3n) is 1.84. The van der Waals surface area contributed by atoms with E-state index in [9.17, 15) is 4.79 Å². The van der Waals surface area contributed by atoms with Gasteiger partial charge in [0.05, 0.1) is 0 Å². The first-order chi connectivity index (χ1) is 6.20. The smallest absolute Gasteiger partial charge is 0.270 e. The fourth-order valence-corrected chi connectivity index (χ4v) is 2.00. The third kappa shape index (κ3) is 1.34. The van der Waals surface area contributed by atoms with Crippen LogP contribution in [0.2, 0.25) is 0 Å². The quantitative estimate of drug-likeness (QED) is 0.497. The number of carbonyl (C=O) groups is 1. The number of carbonyl (C=O) groups excluding carboxylic acids is 1. The molecule has 4 nitrogen and oxygen atoms in total. The van der Waals surface area contributed by atoms with Crippen LogP contribution in [0, 0.1) is 4.64 Å². The lowest BCUT2D eigenvalue weighted by Gasteiger charge is -2.00. The maximum absolute atomic E-state index is 11.5. The Morgan fingerprint density at radius 3 is 3.15 bits per heavy atom. The van der Waals surface area contributed by atoms with Crippen molar-refractivity contribution < 1.29 is 4.79 Å². The van der Waals surface area contributed by atoms with Crippen molar-refractivity contribution in [2.45, 2.75) is 0 Å². The standard InChI is InChI=1S/C7H8N3OPS/c11-6-5-4(2-1-3-8-6)7(13)9-10(5)12/h1-2H,3,12H2,(H,8,11)(H,9,13). The summed E-state index contributed by atoms with van der Waals surface area (Å²) < 4.78 is 2.14. The van der Waals surface area contributed by atoms with E-state index < -0.39 is 0 Å². The molecule has 13 heavy (non-hydrogen) atoms. The van der Waals surface area contributed by atoms with E-state index in [0.29, 0.717) is 16.9 Å². The second-order valence-electron chi connectivity index (χ2n) is 2.69. The SMILES string of the molecule is O=C1NCC=Cc2c1n(P)[nH]c2=S. The molecule has 0 saturated heterocycles. The largest absolute Gasteiger partial charge is 0.347 e. The Labute approximate surface area is 82.3 Å². The van der Waals surface area contributed by atoms with Crippen LogP contribution < -0.4 is 5.32 Å². The van der Waals surface area contributed by atoms with E-state index in [4.69, 9.17) is 12.2 Å². The zero-order chi connectivity index (χ0) is 9.42. The summed E-state index contributed by atoms with van der Waals surface area (Å²) in [6.07, 6.45) is 3.73. The molecule has 0 fully saturated rings. The van der Waals surface area contributed by atoms with Gasteiger partial charge >= 0.3 is 0 Å². The van der Waals surface area contributed by atoms with Crippen molar-refractivity contribution in [2.24, 2.45) is 0 Å². The zero-order valence-electron chi connectivity index (χ0n) is 6.70. The average Bonchev–Trinajstić information content (AvgIpc) is 2.28. The van der Waals surface area contributed by atoms with E-state index in [1.54, 1.807) is 4.45 Å². The number of aromatic amines is 1. The molecule has 1 aromatic rings. The lowest BCUT2D eigenvalue weighted by molar-refractivity contribution is 0.0952. The van der Waals surface area contributed by atoms with Crippen LogP contribution in [0.15, 0.2) is 6.08 Å². The number of hydrogen-bond acceptors (Lipinski definition) is 2. The fraction of sp³-hybridized carbons (Fsp3) is 0.143. The number of rotatable bonds is 0. The third-order valence-corrected chi connectivity index (χ3v) is 2.54. The normalized spacial score (nSPS) is 15.0. The Morgan fingerprint density at radius 2 is 2.38 bits per heavy atom. The highest BCUT2D eigenvalue weighted by Gasteiger charge is 2.17. The summed E-state index contributed by atoms with van der Waals surface area (Å²) in [6, 6.07) is 0. The summed E-state index contributed by atoms with van der Waals surface area (Å²) >= 11 is 5.05. The minimum atomic E-state index is -0.109. The molecule has 0 aromatic carbocycles. The molecule has 6 heteroatoms. The van der Waals surface area contributed by atoms with Crippen molar-refractivity contribution in [2.75, 3.05) is 6.54 Å². The van der Waals surface area contributed by atoms with Gasteiger partial charge in [0, 0.05) is 12.1 Å². The van der Waals surface area contributed by atoms with Crippen LogP contribution in [0.4, 0.5) is 0 Å². The number of H-pyrrole nitrogens is 1. The van der Waals surface area contributed by atoms with Crippen molar-refractivity contribution in [1.29, 1.82) is 0 Å². The molecular weight excluding hydrogens is 205 g/mol. The lowest BCUT2D eigenvalue weighted by Crippen LogP contribution is -2.24. The van der Waals surface area contributed by atoms with Gasteiger partial charge in [-0.2, -0.15) is 0 Å². The molecule has 0 bridgehead atoms. The van der Waals surface area contributed by atoms with Crippen molar-refractivity contribution in [3.8, 4) is 0 Å². The predicted octanol–water partition coefficient (Wildman–Crippen LogP) is 0.940. The molecule has 1 aromatic heterocycles. The topological polar surface area (TPSA) is 49.8 Å². The molecule has 2 rings (SSSR count). The van der Waals surface area contributed by atoms with E-state index in [1.807, 2.05) is 12.2 Å². The molecule has 1 amide bonds. The summed E-state index contributed by atoms with van der Waals surface area (Å²) in [5.41, 5.74) is 1.34. The van der Waals surface area contributed by atoms with Gasteiger partial charge in [0.1, 0.15) is 10.3 Å². The first-order valence-electron chi connectivity index (χ1n) is 3.75. The van der Waals surface area contributed by atoms with Gasteiger partial charge in [-0.15, -0.1) is 0 Å². The minimum Gasteiger partial charge on any atom is -0.347 e. The summed E-state index contributed by atoms with van der Waals surface area (Å²) in [6.45, 7) is 0.549. The minimum absolute atomic E-state index is 0.109. The number of amides is 1. The van der Waals surface area contributed by atoms with Gasteiger partial charge < -0.3 is 5.32 Å². The molecule has 0 aliphatic carbocycles. The van der Waals surface area contributed by atoms with Crippen LogP contribution in [0.1, 0.15) is 16.1 Å². The lowest BCUT2D eigenvalue weighted by atomic mass is 10.2. The number of nitrogens with zero attached hydrogens (tertiary/aromatic N) is 1. The first kappa shape index (κ1) is 8.66. The molecule has 0 radical (unpaired) electrons. The first-order valence-corrected chi connectivity index (χ1v) is 4.67. The van der Waals surface area contributed by atoms with Gasteiger partial charge in [0.25, 0.3) is 5.91 Å². The number of hydrogen-bond donors (Lipinski definition) is 2. The summed E-state index contributed by atoms with van der Waals surface area (Å²) in [5, 5.41) is 5.59. The van der Waals surface area contributed by atoms with Crippen LogP contribution in [0.25, 0.3) is 6.08 Å². The zero-order valence-corrected chi connectivity index (χ0v) is 8.67. The summed E-state index contributed by atoms with van der Waals surface area (Å²) in [7, 11) is 2.40. The second-order valence-corrected chi connectivity index (χ2v) is 3.61. The Hall–Kier alpha value is -0.930. The van der Waals surface area contributed by atoms with E-state index >= 15 is 0 Å². The Morgan fingerprint density at radius 1 is 1.62 bits per heavy atom. The molecule has 1 unspecified atom stereocenters. The highest BCUT2D eigenvalue weighted by atomic mass is 32.1. The van der Waals surface area contributed by atoms with Gasteiger partial charge in [-0.25, -0.2) is 0 Å². The maximum Gasteiger partial charge on any atom is 0.270 e. The molecule has 0 spiro atoms. The predicted molar refractivity (Wildman–Crippen MR) is 56.1 cm³/mol. The van der Waals surface area contributed by atoms with Gasteiger partial charge in [-0.3, -0.25) is 14.3 Å². The van der Waals surface area contributed by atoms with E-state index in [2.05, 4.69) is 19.8 Å². The average molecular weight is 213 g/mol. The Balaban J connectivity index is 2.73. The molecule has 0 saturated carbocycles. The molecule has 1 aliphatic heterocycles. The Bertz CT molecular complexity index is 445. The van der Waals surface area contributed by atoms with Gasteiger partial charge in [-0.05, 0) is 9.39 Å². The van der Waals surface area contributed by atoms with E-state index in [0.717, 1.165) is 5.56 Å². The van der Waals surface area contributed by atoms with E-state index in [1.165, 1.54) is 0 Å². The molecule has 1 atom stereocenters. The van der Waals surface area contributed by atoms with Crippen molar-refractivity contribution in [3.63, 3.8) is 0 Å². The maximum atomic E-state index is 11.5. The van der Waals surface area contributed by atoms with Crippen molar-refractivity contribution in [3.05, 3.63) is 22.0 Å². The highest BCUT2D eigenvalue weighted by Crippen LogP contribution is 2.16. The molecule has 1 aliphatic rings. The van der Waals surface area contributed by atoms with E-state index in [-0.39, 0.29) is 5.91 Å². The van der Waals surface area contributed by atoms with Crippen LogP contribution in [0.5, 0.6) is 0 Å². The summed E-state index contributed by atoms with van der Waals surface area (Å²) in [5.74, 6) is -0.109. The molecule has 68 valence electrons. The fourth-order valence-electron chi connectivity index (χ4n) is 1.26. The molecule has 2 N–H and O–H groups in total. The number of fused-ring (bicyclic) bond motifs is 1. The van der Waals surface area contributed by atoms with Crippen LogP contribution in [0.3, 0.4) is 0 Å². The van der Waals surface area contributed by atoms with Crippen molar-refractivity contribution >= 4 is 33.6 Å². The highest BCUT2D eigenvalue weighted by molar-refractivity contribution is 7.71. The Kier molecular flexibility index (Phi) is 2.06. The van der Waals surface area contributed by atoms with Gasteiger partial charge in [0.15, 0.2) is 0 Å².